The monoisotopic (exact) mass is 765 g/mol. The molecule has 1 aliphatic carbocycles. The lowest BCUT2D eigenvalue weighted by Crippen LogP contribution is -2.16. The molecule has 60 heavy (non-hydrogen) atoms. The van der Waals surface area contributed by atoms with Crippen molar-refractivity contribution in [2.24, 2.45) is 0 Å². The van der Waals surface area contributed by atoms with Crippen LogP contribution in [0.15, 0.2) is 224 Å². The van der Waals surface area contributed by atoms with E-state index in [-0.39, 0.29) is 5.41 Å². The maximum Gasteiger partial charge on any atom is 0.0543 e. The third-order valence-corrected chi connectivity index (χ3v) is 12.7. The van der Waals surface area contributed by atoms with Crippen LogP contribution in [0.4, 0.5) is 17.1 Å². The van der Waals surface area contributed by atoms with Crippen molar-refractivity contribution >= 4 is 38.6 Å². The molecule has 1 nitrogen and oxygen atoms in total. The Morgan fingerprint density at radius 1 is 0.333 bits per heavy atom. The fraction of sp³-hybridized carbons (Fsp3) is 0.0508. The van der Waals surface area contributed by atoms with E-state index in [2.05, 4.69) is 243 Å². The number of fused-ring (bicyclic) bond motifs is 6. The SMILES string of the molecule is CC1(C)c2cccc(N(c3ccc(-c4cccc5cccc(-c6ccccc6)c45)cc3)c3ccc(-c4ccccc4)cc3-c3ccccc3)c2-c2c1ccc1ccccc21. The molecule has 0 aliphatic heterocycles. The highest BCUT2D eigenvalue weighted by Crippen LogP contribution is 2.57. The van der Waals surface area contributed by atoms with Crippen LogP contribution >= 0.6 is 0 Å². The van der Waals surface area contributed by atoms with Gasteiger partial charge in [0.1, 0.15) is 0 Å². The van der Waals surface area contributed by atoms with Crippen LogP contribution in [0.1, 0.15) is 25.0 Å². The van der Waals surface area contributed by atoms with E-state index >= 15 is 0 Å². The molecule has 0 amide bonds. The molecule has 0 heterocycles. The Balaban J connectivity index is 1.16. The predicted octanol–water partition coefficient (Wildman–Crippen LogP) is 16.4. The zero-order valence-corrected chi connectivity index (χ0v) is 33.8. The van der Waals surface area contributed by atoms with Crippen LogP contribution < -0.4 is 4.90 Å². The molecule has 0 bridgehead atoms. The first-order valence-corrected chi connectivity index (χ1v) is 20.9. The smallest absolute Gasteiger partial charge is 0.0543 e. The van der Waals surface area contributed by atoms with E-state index in [4.69, 9.17) is 0 Å². The summed E-state index contributed by atoms with van der Waals surface area (Å²) in [5.74, 6) is 0. The van der Waals surface area contributed by atoms with Crippen LogP contribution in [0.3, 0.4) is 0 Å². The second-order valence-corrected chi connectivity index (χ2v) is 16.5. The fourth-order valence-electron chi connectivity index (χ4n) is 9.74. The molecule has 0 fully saturated rings. The highest BCUT2D eigenvalue weighted by Gasteiger charge is 2.39. The summed E-state index contributed by atoms with van der Waals surface area (Å²) in [6.07, 6.45) is 0. The average Bonchev–Trinajstić information content (AvgIpc) is 3.56. The van der Waals surface area contributed by atoms with Gasteiger partial charge in [0.25, 0.3) is 0 Å². The highest BCUT2D eigenvalue weighted by molar-refractivity contribution is 6.09. The topological polar surface area (TPSA) is 3.24 Å². The molecule has 0 radical (unpaired) electrons. The molecule has 0 N–H and O–H groups in total. The maximum absolute atomic E-state index is 2.52. The van der Waals surface area contributed by atoms with Gasteiger partial charge in [-0.25, -0.2) is 0 Å². The van der Waals surface area contributed by atoms with Gasteiger partial charge in [0, 0.05) is 22.2 Å². The first kappa shape index (κ1) is 35.7. The average molecular weight is 766 g/mol. The molecule has 0 saturated carbocycles. The Morgan fingerprint density at radius 3 is 1.55 bits per heavy atom. The van der Waals surface area contributed by atoms with Crippen LogP contribution in [-0.2, 0) is 5.41 Å². The normalized spacial score (nSPS) is 12.6. The molecule has 0 atom stereocenters. The number of nitrogens with zero attached hydrogens (tertiary/aromatic N) is 1. The Hall–Kier alpha value is -7.48. The van der Waals surface area contributed by atoms with E-state index in [1.54, 1.807) is 0 Å². The van der Waals surface area contributed by atoms with Gasteiger partial charge in [-0.1, -0.05) is 208 Å². The van der Waals surface area contributed by atoms with E-state index in [9.17, 15) is 0 Å². The number of benzene rings is 10. The number of hydrogen-bond acceptors (Lipinski definition) is 1. The van der Waals surface area contributed by atoms with Crippen LogP contribution in [0.25, 0.3) is 77.2 Å². The van der Waals surface area contributed by atoms with Crippen LogP contribution in [-0.4, -0.2) is 0 Å². The lowest BCUT2D eigenvalue weighted by Gasteiger charge is -2.31. The van der Waals surface area contributed by atoms with Crippen molar-refractivity contribution in [1.82, 2.24) is 0 Å². The van der Waals surface area contributed by atoms with Crippen molar-refractivity contribution in [1.29, 1.82) is 0 Å². The first-order chi connectivity index (χ1) is 29.5. The van der Waals surface area contributed by atoms with Gasteiger partial charge in [-0.05, 0) is 108 Å². The van der Waals surface area contributed by atoms with Gasteiger partial charge in [0.05, 0.1) is 11.4 Å². The van der Waals surface area contributed by atoms with Gasteiger partial charge >= 0.3 is 0 Å². The molecule has 10 aromatic carbocycles. The summed E-state index contributed by atoms with van der Waals surface area (Å²) < 4.78 is 0. The molecule has 1 heteroatoms. The standard InChI is InChI=1S/C59H43N/c1-59(2)52-29-16-30-55(58(52)57-50-26-13-12-23-43(50)33-37-53(57)59)60(54-38-34-46(40-17-6-3-7-18-40)39-51(54)42-21-10-5-11-22-42)47-35-31-44(32-36-47)49-28-15-25-45-24-14-27-48(56(45)49)41-19-8-4-9-20-41/h3-39H,1-2H3. The number of anilines is 3. The van der Waals surface area contributed by atoms with E-state index < -0.39 is 0 Å². The molecule has 11 rings (SSSR count). The van der Waals surface area contributed by atoms with E-state index in [1.807, 2.05) is 0 Å². The van der Waals surface area contributed by atoms with Gasteiger partial charge < -0.3 is 4.90 Å². The molecule has 0 aromatic heterocycles. The fourth-order valence-corrected chi connectivity index (χ4v) is 9.74. The minimum absolute atomic E-state index is 0.176. The lowest BCUT2D eigenvalue weighted by molar-refractivity contribution is 0.661. The molecule has 10 aromatic rings. The van der Waals surface area contributed by atoms with Gasteiger partial charge in [-0.3, -0.25) is 0 Å². The Labute approximate surface area is 352 Å². The second-order valence-electron chi connectivity index (χ2n) is 16.5. The molecule has 0 unspecified atom stereocenters. The third kappa shape index (κ3) is 5.85. The van der Waals surface area contributed by atoms with Gasteiger partial charge in [0.2, 0.25) is 0 Å². The van der Waals surface area contributed by atoms with Gasteiger partial charge in [-0.15, -0.1) is 0 Å². The van der Waals surface area contributed by atoms with E-state index in [0.29, 0.717) is 0 Å². The highest BCUT2D eigenvalue weighted by atomic mass is 15.1. The first-order valence-electron chi connectivity index (χ1n) is 20.9. The zero-order valence-electron chi connectivity index (χ0n) is 33.8. The van der Waals surface area contributed by atoms with Crippen LogP contribution in [0.2, 0.25) is 0 Å². The van der Waals surface area contributed by atoms with Crippen molar-refractivity contribution in [2.75, 3.05) is 4.90 Å². The Morgan fingerprint density at radius 2 is 0.867 bits per heavy atom. The molecular weight excluding hydrogens is 723 g/mol. The van der Waals surface area contributed by atoms with Gasteiger partial charge in [-0.2, -0.15) is 0 Å². The maximum atomic E-state index is 2.52. The van der Waals surface area contributed by atoms with Gasteiger partial charge in [0.15, 0.2) is 0 Å². The summed E-state index contributed by atoms with van der Waals surface area (Å²) in [4.78, 5) is 2.52. The summed E-state index contributed by atoms with van der Waals surface area (Å²) in [6.45, 7) is 4.76. The van der Waals surface area contributed by atoms with Crippen LogP contribution in [0, 0.1) is 0 Å². The summed E-state index contributed by atoms with van der Waals surface area (Å²) >= 11 is 0. The minimum Gasteiger partial charge on any atom is -0.309 e. The Bertz CT molecular complexity index is 3190. The molecule has 0 saturated heterocycles. The van der Waals surface area contributed by atoms with Crippen molar-refractivity contribution in [3.63, 3.8) is 0 Å². The van der Waals surface area contributed by atoms with Crippen molar-refractivity contribution in [2.45, 2.75) is 19.3 Å². The minimum atomic E-state index is -0.176. The Kier molecular flexibility index (Phi) is 8.57. The molecule has 284 valence electrons. The molecule has 0 spiro atoms. The molecule has 1 aliphatic rings. The van der Waals surface area contributed by atoms with Crippen molar-refractivity contribution in [3.05, 3.63) is 236 Å². The summed E-state index contributed by atoms with van der Waals surface area (Å²) in [5.41, 5.74) is 18.2. The molecular formula is C59H43N. The van der Waals surface area contributed by atoms with E-state index in [1.165, 1.54) is 94.0 Å². The van der Waals surface area contributed by atoms with E-state index in [0.717, 1.165) is 11.4 Å². The quantitative estimate of drug-likeness (QED) is 0.156. The van der Waals surface area contributed by atoms with Crippen LogP contribution in [0.5, 0.6) is 0 Å². The number of hydrogen-bond donors (Lipinski definition) is 0. The largest absolute Gasteiger partial charge is 0.309 e. The summed E-state index contributed by atoms with van der Waals surface area (Å²) in [5, 5.41) is 5.05. The zero-order chi connectivity index (χ0) is 40.2. The third-order valence-electron chi connectivity index (χ3n) is 12.7. The van der Waals surface area contributed by atoms with Crippen molar-refractivity contribution < 1.29 is 0 Å². The summed E-state index contributed by atoms with van der Waals surface area (Å²) in [7, 11) is 0. The second kappa shape index (κ2) is 14.4. The van der Waals surface area contributed by atoms with Crippen molar-refractivity contribution in [3.8, 4) is 55.6 Å². The number of rotatable bonds is 7. The lowest BCUT2D eigenvalue weighted by atomic mass is 9.82. The predicted molar refractivity (Wildman–Crippen MR) is 255 cm³/mol. The summed E-state index contributed by atoms with van der Waals surface area (Å²) in [6, 6.07) is 82.4.